The summed E-state index contributed by atoms with van der Waals surface area (Å²) < 4.78 is 15.9. The van der Waals surface area contributed by atoms with Crippen LogP contribution in [-0.2, 0) is 0 Å². The van der Waals surface area contributed by atoms with Crippen molar-refractivity contribution in [1.29, 1.82) is 0 Å². The maximum absolute atomic E-state index is 13.7. The van der Waals surface area contributed by atoms with Crippen LogP contribution in [0, 0.1) is 12.7 Å². The van der Waals surface area contributed by atoms with E-state index in [2.05, 4.69) is 26.1 Å². The van der Waals surface area contributed by atoms with Gasteiger partial charge in [-0.2, -0.15) is 0 Å². The molecule has 3 nitrogen and oxygen atoms in total. The fourth-order valence-electron chi connectivity index (χ4n) is 1.98. The molecule has 6 heteroatoms. The Morgan fingerprint density at radius 1 is 1.39 bits per heavy atom. The lowest BCUT2D eigenvalue weighted by Crippen LogP contribution is -2.03. The minimum Gasteiger partial charge on any atom is -0.269 e. The number of benzene rings is 1. The van der Waals surface area contributed by atoms with Gasteiger partial charge in [0, 0.05) is 5.92 Å². The Labute approximate surface area is 117 Å². The van der Waals surface area contributed by atoms with Crippen molar-refractivity contribution in [1.82, 2.24) is 14.8 Å². The van der Waals surface area contributed by atoms with Crippen molar-refractivity contribution in [2.75, 3.05) is 0 Å². The van der Waals surface area contributed by atoms with Gasteiger partial charge in [-0.25, -0.2) is 4.39 Å². The van der Waals surface area contributed by atoms with Crippen molar-refractivity contribution in [3.63, 3.8) is 0 Å². The molecule has 1 saturated carbocycles. The van der Waals surface area contributed by atoms with Crippen LogP contribution in [0.4, 0.5) is 4.39 Å². The van der Waals surface area contributed by atoms with Gasteiger partial charge in [0.05, 0.1) is 10.2 Å². The van der Waals surface area contributed by atoms with E-state index in [4.69, 9.17) is 11.6 Å². The second-order valence-corrected chi connectivity index (χ2v) is 5.68. The second-order valence-electron chi connectivity index (χ2n) is 4.49. The highest BCUT2D eigenvalue weighted by Gasteiger charge is 2.31. The highest BCUT2D eigenvalue weighted by atomic mass is 79.9. The van der Waals surface area contributed by atoms with E-state index in [1.807, 2.05) is 6.92 Å². The Morgan fingerprint density at radius 2 is 2.11 bits per heavy atom. The third-order valence-electron chi connectivity index (χ3n) is 3.07. The molecule has 1 aromatic carbocycles. The molecular formula is C12H10BrClFN3. The minimum absolute atomic E-state index is 0.279. The first-order valence-electron chi connectivity index (χ1n) is 5.64. The molecule has 0 aliphatic heterocycles. The average Bonchev–Trinajstić information content (AvgIpc) is 3.09. The van der Waals surface area contributed by atoms with Crippen LogP contribution in [-0.4, -0.2) is 14.8 Å². The summed E-state index contributed by atoms with van der Waals surface area (Å²) in [5.74, 6) is 0.906. The lowest BCUT2D eigenvalue weighted by Gasteiger charge is -2.11. The van der Waals surface area contributed by atoms with E-state index in [1.165, 1.54) is 6.07 Å². The number of halogens is 3. The van der Waals surface area contributed by atoms with Crippen molar-refractivity contribution in [3.8, 4) is 5.69 Å². The first kappa shape index (κ1) is 12.1. The van der Waals surface area contributed by atoms with Crippen molar-refractivity contribution < 1.29 is 4.39 Å². The van der Waals surface area contributed by atoms with Gasteiger partial charge in [-0.05, 0) is 65.0 Å². The molecular weight excluding hydrogens is 321 g/mol. The molecule has 0 saturated heterocycles. The number of hydrogen-bond donors (Lipinski definition) is 0. The molecule has 0 spiro atoms. The first-order valence-corrected chi connectivity index (χ1v) is 6.82. The molecule has 0 atom stereocenters. The summed E-state index contributed by atoms with van der Waals surface area (Å²) in [6.45, 7) is 1.91. The van der Waals surface area contributed by atoms with E-state index in [0.717, 1.165) is 24.2 Å². The van der Waals surface area contributed by atoms with E-state index in [-0.39, 0.29) is 11.1 Å². The third-order valence-corrected chi connectivity index (χ3v) is 3.92. The van der Waals surface area contributed by atoms with Crippen molar-refractivity contribution in [3.05, 3.63) is 39.1 Å². The van der Waals surface area contributed by atoms with Gasteiger partial charge >= 0.3 is 0 Å². The fraction of sp³-hybridized carbons (Fsp3) is 0.333. The standard InChI is InChI=1S/C12H10BrClFN3/c1-6-4-8(13)9(15)5-10(6)18-11(7-2-3-7)16-17-12(18)14/h4-5,7H,2-3H2,1H3. The van der Waals surface area contributed by atoms with Crippen molar-refractivity contribution in [2.45, 2.75) is 25.7 Å². The molecule has 3 rings (SSSR count). The molecule has 0 N–H and O–H groups in total. The van der Waals surface area contributed by atoms with Crippen molar-refractivity contribution in [2.24, 2.45) is 0 Å². The Kier molecular flexibility index (Phi) is 2.90. The average molecular weight is 331 g/mol. The highest BCUT2D eigenvalue weighted by Crippen LogP contribution is 2.41. The van der Waals surface area contributed by atoms with E-state index in [0.29, 0.717) is 16.1 Å². The minimum atomic E-state index is -0.317. The number of rotatable bonds is 2. The topological polar surface area (TPSA) is 30.7 Å². The maximum Gasteiger partial charge on any atom is 0.229 e. The van der Waals surface area contributed by atoms with Gasteiger partial charge in [0.2, 0.25) is 5.28 Å². The summed E-state index contributed by atoms with van der Waals surface area (Å²) in [5.41, 5.74) is 1.62. The van der Waals surface area contributed by atoms with Gasteiger partial charge in [-0.1, -0.05) is 0 Å². The Balaban J connectivity index is 2.20. The summed E-state index contributed by atoms with van der Waals surface area (Å²) in [7, 11) is 0. The van der Waals surface area contributed by atoms with Gasteiger partial charge in [0.1, 0.15) is 11.6 Å². The summed E-state index contributed by atoms with van der Waals surface area (Å²) in [6.07, 6.45) is 2.18. The Hall–Kier alpha value is -0.940. The molecule has 0 amide bonds. The smallest absolute Gasteiger partial charge is 0.229 e. The molecule has 1 aromatic heterocycles. The van der Waals surface area contributed by atoms with Crippen LogP contribution >= 0.6 is 27.5 Å². The normalized spacial score (nSPS) is 15.1. The fourth-order valence-corrected chi connectivity index (χ4v) is 2.65. The molecule has 18 heavy (non-hydrogen) atoms. The Bertz CT molecular complexity index is 622. The molecule has 2 aromatic rings. The van der Waals surface area contributed by atoms with Gasteiger partial charge in [0.25, 0.3) is 0 Å². The van der Waals surface area contributed by atoms with Crippen LogP contribution in [0.3, 0.4) is 0 Å². The molecule has 0 radical (unpaired) electrons. The summed E-state index contributed by atoms with van der Waals surface area (Å²) in [6, 6.07) is 3.19. The van der Waals surface area contributed by atoms with Gasteiger partial charge in [-0.15, -0.1) is 10.2 Å². The van der Waals surface area contributed by atoms with Crippen LogP contribution in [0.1, 0.15) is 30.1 Å². The van der Waals surface area contributed by atoms with E-state index in [9.17, 15) is 4.39 Å². The lowest BCUT2D eigenvalue weighted by molar-refractivity contribution is 0.618. The van der Waals surface area contributed by atoms with Crippen molar-refractivity contribution >= 4 is 27.5 Å². The lowest BCUT2D eigenvalue weighted by atomic mass is 10.2. The molecule has 1 aliphatic rings. The van der Waals surface area contributed by atoms with Crippen LogP contribution in [0.15, 0.2) is 16.6 Å². The first-order chi connectivity index (χ1) is 8.58. The quantitative estimate of drug-likeness (QED) is 0.833. The Morgan fingerprint density at radius 3 is 2.78 bits per heavy atom. The number of nitrogens with zero attached hydrogens (tertiary/aromatic N) is 3. The largest absolute Gasteiger partial charge is 0.269 e. The summed E-state index contributed by atoms with van der Waals surface area (Å²) in [4.78, 5) is 0. The van der Waals surface area contributed by atoms with E-state index < -0.39 is 0 Å². The summed E-state index contributed by atoms with van der Waals surface area (Å²) >= 11 is 9.24. The highest BCUT2D eigenvalue weighted by molar-refractivity contribution is 9.10. The number of hydrogen-bond acceptors (Lipinski definition) is 2. The van der Waals surface area contributed by atoms with Gasteiger partial charge in [-0.3, -0.25) is 4.57 Å². The number of aryl methyl sites for hydroxylation is 1. The molecule has 1 aliphatic carbocycles. The molecule has 1 heterocycles. The van der Waals surface area contributed by atoms with Gasteiger partial charge < -0.3 is 0 Å². The second kappa shape index (κ2) is 4.31. The van der Waals surface area contributed by atoms with E-state index >= 15 is 0 Å². The van der Waals surface area contributed by atoms with Crippen LogP contribution in [0.25, 0.3) is 5.69 Å². The van der Waals surface area contributed by atoms with Crippen LogP contribution in [0.5, 0.6) is 0 Å². The maximum atomic E-state index is 13.7. The third kappa shape index (κ3) is 1.95. The molecule has 1 fully saturated rings. The number of aromatic nitrogens is 3. The predicted molar refractivity (Wildman–Crippen MR) is 70.7 cm³/mol. The zero-order valence-corrected chi connectivity index (χ0v) is 12.0. The van der Waals surface area contributed by atoms with Crippen LogP contribution in [0.2, 0.25) is 5.28 Å². The molecule has 0 unspecified atom stereocenters. The predicted octanol–water partition coefficient (Wildman–Crippen LogP) is 4.01. The van der Waals surface area contributed by atoms with Crippen LogP contribution < -0.4 is 0 Å². The molecule has 0 bridgehead atoms. The van der Waals surface area contributed by atoms with E-state index in [1.54, 1.807) is 10.6 Å². The van der Waals surface area contributed by atoms with Gasteiger partial charge in [0.15, 0.2) is 0 Å². The SMILES string of the molecule is Cc1cc(Br)c(F)cc1-n1c(Cl)nnc1C1CC1. The molecule has 94 valence electrons. The zero-order chi connectivity index (χ0) is 12.9. The monoisotopic (exact) mass is 329 g/mol. The zero-order valence-electron chi connectivity index (χ0n) is 9.62. The summed E-state index contributed by atoms with van der Waals surface area (Å²) in [5, 5.41) is 8.27.